The Morgan fingerprint density at radius 2 is 1.81 bits per heavy atom. The van der Waals surface area contributed by atoms with Crippen LogP contribution in [0.25, 0.3) is 44.2 Å². The molecule has 2 aromatic carbocycles. The Kier molecular flexibility index (Phi) is 3.48. The fraction of sp³-hybridized carbons (Fsp3) is 0.250. The van der Waals surface area contributed by atoms with E-state index in [4.69, 9.17) is 13.9 Å². The van der Waals surface area contributed by atoms with Crippen LogP contribution in [0.3, 0.4) is 0 Å². The molecule has 5 aromatic rings. The number of hydrogen-bond donors (Lipinski definition) is 2. The molecular weight excluding hydrogens is 410 g/mol. The number of benzene rings is 2. The van der Waals surface area contributed by atoms with Crippen LogP contribution in [0.1, 0.15) is 31.7 Å². The van der Waals surface area contributed by atoms with Gasteiger partial charge in [0.15, 0.2) is 22.5 Å². The number of nitrogens with one attached hydrogen (secondary N) is 2. The molecule has 32 heavy (non-hydrogen) atoms. The number of ether oxygens (including phenoxy) is 2. The molecule has 0 saturated heterocycles. The summed E-state index contributed by atoms with van der Waals surface area (Å²) in [5, 5.41) is 4.39. The first-order valence-electron chi connectivity index (χ1n) is 10.8. The minimum absolute atomic E-state index is 0.126. The maximum absolute atomic E-state index is 13.3. The molecule has 8 heteroatoms. The predicted octanol–water partition coefficient (Wildman–Crippen LogP) is 4.43. The van der Waals surface area contributed by atoms with Gasteiger partial charge in [-0.2, -0.15) is 0 Å². The molecule has 2 N–H and O–H groups in total. The second-order valence-electron chi connectivity index (χ2n) is 8.51. The van der Waals surface area contributed by atoms with Crippen molar-refractivity contribution in [3.05, 3.63) is 57.0 Å². The highest BCUT2D eigenvalue weighted by Gasteiger charge is 2.26. The lowest BCUT2D eigenvalue weighted by Gasteiger charge is -2.13. The van der Waals surface area contributed by atoms with Crippen LogP contribution in [0, 0.1) is 0 Å². The molecule has 1 aliphatic heterocycles. The van der Waals surface area contributed by atoms with Gasteiger partial charge in [-0.25, -0.2) is 0 Å². The van der Waals surface area contributed by atoms with Crippen LogP contribution in [-0.2, 0) is 0 Å². The van der Waals surface area contributed by atoms with Gasteiger partial charge in [0.25, 0.3) is 5.56 Å². The summed E-state index contributed by atoms with van der Waals surface area (Å²) in [6.07, 6.45) is 4.34. The highest BCUT2D eigenvalue weighted by molar-refractivity contribution is 6.14. The van der Waals surface area contributed by atoms with Crippen LogP contribution in [-0.4, -0.2) is 21.6 Å². The van der Waals surface area contributed by atoms with E-state index < -0.39 is 0 Å². The third-order valence-electron chi connectivity index (χ3n) is 6.66. The van der Waals surface area contributed by atoms with Gasteiger partial charge in [0.2, 0.25) is 6.79 Å². The average molecular weight is 429 g/mol. The molecule has 0 atom stereocenters. The smallest absolute Gasteiger partial charge is 0.274 e. The highest BCUT2D eigenvalue weighted by atomic mass is 16.7. The van der Waals surface area contributed by atoms with Crippen LogP contribution >= 0.6 is 0 Å². The van der Waals surface area contributed by atoms with Gasteiger partial charge in [-0.1, -0.05) is 18.9 Å². The molecule has 0 bridgehead atoms. The van der Waals surface area contributed by atoms with Gasteiger partial charge < -0.3 is 18.9 Å². The molecule has 1 saturated carbocycles. The van der Waals surface area contributed by atoms with Crippen molar-refractivity contribution >= 4 is 33.1 Å². The summed E-state index contributed by atoms with van der Waals surface area (Å²) < 4.78 is 19.2. The summed E-state index contributed by atoms with van der Waals surface area (Å²) in [5.74, 6) is 1.29. The van der Waals surface area contributed by atoms with Gasteiger partial charge in [0.05, 0.1) is 16.9 Å². The molecule has 0 radical (unpaired) electrons. The fourth-order valence-electron chi connectivity index (χ4n) is 5.18. The van der Waals surface area contributed by atoms with Gasteiger partial charge in [-0.05, 0) is 42.7 Å². The quantitative estimate of drug-likeness (QED) is 0.432. The van der Waals surface area contributed by atoms with Crippen molar-refractivity contribution in [3.8, 4) is 22.6 Å². The SMILES string of the molecule is O=c1ccc2c(c1)oc1c(-c3ccc4c(c3)OCO4)c3c(=O)[nH]n(C4CCCC4)c3[nH]c12. The van der Waals surface area contributed by atoms with Gasteiger partial charge in [-0.3, -0.25) is 19.4 Å². The summed E-state index contributed by atoms with van der Waals surface area (Å²) in [5.41, 5.74) is 3.67. The molecule has 0 amide bonds. The first-order chi connectivity index (χ1) is 15.7. The number of rotatable bonds is 2. The zero-order valence-corrected chi connectivity index (χ0v) is 17.1. The third kappa shape index (κ3) is 2.37. The number of nitrogens with zero attached hydrogens (tertiary/aromatic N) is 1. The van der Waals surface area contributed by atoms with Crippen LogP contribution in [0.2, 0.25) is 0 Å². The Hall–Kier alpha value is -3.94. The van der Waals surface area contributed by atoms with E-state index in [9.17, 15) is 9.59 Å². The Balaban J connectivity index is 1.64. The maximum atomic E-state index is 13.3. The summed E-state index contributed by atoms with van der Waals surface area (Å²) in [4.78, 5) is 28.7. The molecule has 2 aliphatic rings. The normalized spacial score (nSPS) is 16.1. The minimum Gasteiger partial charge on any atom is -0.454 e. The van der Waals surface area contributed by atoms with Gasteiger partial charge >= 0.3 is 0 Å². The predicted molar refractivity (Wildman–Crippen MR) is 120 cm³/mol. The number of fused-ring (bicyclic) bond motifs is 5. The summed E-state index contributed by atoms with van der Waals surface area (Å²) in [6.45, 7) is 0.168. The number of aromatic nitrogens is 3. The van der Waals surface area contributed by atoms with E-state index in [2.05, 4.69) is 10.1 Å². The molecular formula is C24H19N3O5. The second kappa shape index (κ2) is 6.29. The summed E-state index contributed by atoms with van der Waals surface area (Å²) >= 11 is 0. The lowest BCUT2D eigenvalue weighted by Crippen LogP contribution is -2.10. The van der Waals surface area contributed by atoms with Crippen molar-refractivity contribution < 1.29 is 13.9 Å². The van der Waals surface area contributed by atoms with Crippen molar-refractivity contribution in [2.24, 2.45) is 0 Å². The number of furan rings is 1. The van der Waals surface area contributed by atoms with E-state index in [1.165, 1.54) is 12.1 Å². The molecule has 7 rings (SSSR count). The molecule has 1 aliphatic carbocycles. The average Bonchev–Trinajstić information content (AvgIpc) is 3.57. The largest absolute Gasteiger partial charge is 0.454 e. The molecule has 3 aromatic heterocycles. The lowest BCUT2D eigenvalue weighted by molar-refractivity contribution is 0.174. The standard InChI is InChI=1S/C24H19N3O5/c28-14-6-7-15-17(10-14)32-22-19(12-5-8-16-18(9-12)31-11-30-16)20-23(25-21(15)22)27(26-24(20)29)13-3-1-2-4-13/h5-10,13,25H,1-4,11H2,(H,26,29). The summed E-state index contributed by atoms with van der Waals surface area (Å²) in [6, 6.07) is 10.6. The second-order valence-corrected chi connectivity index (χ2v) is 8.51. The molecule has 4 heterocycles. The Morgan fingerprint density at radius 1 is 0.969 bits per heavy atom. The van der Waals surface area contributed by atoms with Gasteiger partial charge in [-0.15, -0.1) is 0 Å². The van der Waals surface area contributed by atoms with Crippen molar-refractivity contribution in [3.63, 3.8) is 0 Å². The Morgan fingerprint density at radius 3 is 2.69 bits per heavy atom. The number of hydrogen-bond acceptors (Lipinski definition) is 5. The Labute approximate surface area is 180 Å². The first-order valence-corrected chi connectivity index (χ1v) is 10.8. The topological polar surface area (TPSA) is 102 Å². The van der Waals surface area contributed by atoms with Gasteiger partial charge in [0, 0.05) is 17.0 Å². The third-order valence-corrected chi connectivity index (χ3v) is 6.66. The van der Waals surface area contributed by atoms with Crippen molar-refractivity contribution in [1.82, 2.24) is 14.8 Å². The van der Waals surface area contributed by atoms with Crippen LogP contribution in [0.5, 0.6) is 11.5 Å². The molecule has 160 valence electrons. The zero-order valence-electron chi connectivity index (χ0n) is 17.1. The summed E-state index contributed by atoms with van der Waals surface area (Å²) in [7, 11) is 0. The number of pyridine rings is 1. The zero-order chi connectivity index (χ0) is 21.4. The minimum atomic E-state index is -0.178. The van der Waals surface area contributed by atoms with Crippen LogP contribution in [0.15, 0.2) is 50.4 Å². The van der Waals surface area contributed by atoms with Crippen LogP contribution in [0.4, 0.5) is 0 Å². The van der Waals surface area contributed by atoms with E-state index in [0.29, 0.717) is 33.6 Å². The van der Waals surface area contributed by atoms with Gasteiger partial charge in [0.1, 0.15) is 11.2 Å². The first kappa shape index (κ1) is 17.7. The molecule has 8 nitrogen and oxygen atoms in total. The van der Waals surface area contributed by atoms with E-state index in [1.54, 1.807) is 6.07 Å². The van der Waals surface area contributed by atoms with Crippen LogP contribution < -0.4 is 20.5 Å². The van der Waals surface area contributed by atoms with Crippen molar-refractivity contribution in [1.29, 1.82) is 0 Å². The fourth-order valence-corrected chi connectivity index (χ4v) is 5.18. The maximum Gasteiger partial charge on any atom is 0.274 e. The number of H-pyrrole nitrogens is 2. The van der Waals surface area contributed by atoms with Crippen molar-refractivity contribution in [2.45, 2.75) is 31.7 Å². The van der Waals surface area contributed by atoms with E-state index in [-0.39, 0.29) is 23.8 Å². The highest BCUT2D eigenvalue weighted by Crippen LogP contribution is 2.42. The molecule has 0 spiro atoms. The Bertz CT molecular complexity index is 1660. The lowest BCUT2D eigenvalue weighted by atomic mass is 10.0. The monoisotopic (exact) mass is 429 g/mol. The van der Waals surface area contributed by atoms with E-state index in [1.807, 2.05) is 22.9 Å². The number of aromatic amines is 2. The molecule has 1 fully saturated rings. The molecule has 0 unspecified atom stereocenters. The van der Waals surface area contributed by atoms with E-state index >= 15 is 0 Å². The van der Waals surface area contributed by atoms with Crippen molar-refractivity contribution in [2.75, 3.05) is 6.79 Å². The van der Waals surface area contributed by atoms with E-state index in [0.717, 1.165) is 47.8 Å².